The van der Waals surface area contributed by atoms with Crippen molar-refractivity contribution < 1.29 is 13.7 Å². The van der Waals surface area contributed by atoms with E-state index < -0.39 is 0 Å². The summed E-state index contributed by atoms with van der Waals surface area (Å²) in [6, 6.07) is 9.64. The Morgan fingerprint density at radius 3 is 2.89 bits per heavy atom. The normalized spacial score (nSPS) is 13.0. The van der Waals surface area contributed by atoms with Crippen LogP contribution in [-0.4, -0.2) is 17.3 Å². The fraction of sp³-hybridized carbons (Fsp3) is 0.231. The molecular weight excluding hydrogens is 232 g/mol. The number of furan rings is 1. The summed E-state index contributed by atoms with van der Waals surface area (Å²) < 4.78 is 15.9. The minimum absolute atomic E-state index is 0.226. The molecule has 1 aromatic carbocycles. The molecule has 0 aliphatic rings. The number of hydrogen-bond acceptors (Lipinski definition) is 5. The highest BCUT2D eigenvalue weighted by atomic mass is 16.5. The maximum Gasteiger partial charge on any atom is 0.255 e. The zero-order valence-corrected chi connectivity index (χ0v) is 10.1. The lowest BCUT2D eigenvalue weighted by molar-refractivity contribution is 0.0886. The lowest BCUT2D eigenvalue weighted by Gasteiger charge is -2.00. The van der Waals surface area contributed by atoms with Gasteiger partial charge in [-0.2, -0.15) is 4.98 Å². The molecule has 0 radical (unpaired) electrons. The molecule has 92 valence electrons. The summed E-state index contributed by atoms with van der Waals surface area (Å²) in [4.78, 5) is 4.25. The van der Waals surface area contributed by atoms with Crippen LogP contribution in [0.25, 0.3) is 22.6 Å². The number of ether oxygens (including phenoxy) is 1. The van der Waals surface area contributed by atoms with Crippen LogP contribution in [0.5, 0.6) is 0 Å². The molecule has 5 heteroatoms. The zero-order chi connectivity index (χ0) is 12.5. The number of benzene rings is 1. The van der Waals surface area contributed by atoms with Crippen LogP contribution in [-0.2, 0) is 4.74 Å². The molecule has 0 amide bonds. The van der Waals surface area contributed by atoms with Gasteiger partial charge >= 0.3 is 0 Å². The van der Waals surface area contributed by atoms with Gasteiger partial charge in [-0.15, -0.1) is 0 Å². The molecule has 1 atom stereocenters. The van der Waals surface area contributed by atoms with E-state index in [1.165, 1.54) is 0 Å². The molecule has 0 saturated heterocycles. The fourth-order valence-corrected chi connectivity index (χ4v) is 1.69. The number of nitrogens with zero attached hydrogens (tertiary/aromatic N) is 2. The maximum atomic E-state index is 5.65. The van der Waals surface area contributed by atoms with E-state index in [-0.39, 0.29) is 6.10 Å². The fourth-order valence-electron chi connectivity index (χ4n) is 1.69. The molecular formula is C13H12N2O3. The molecule has 3 aromatic rings. The average Bonchev–Trinajstić information content (AvgIpc) is 3.03. The molecule has 0 aliphatic heterocycles. The number of methoxy groups -OCH3 is 1. The first kappa shape index (κ1) is 11.0. The van der Waals surface area contributed by atoms with Gasteiger partial charge in [0, 0.05) is 12.5 Å². The smallest absolute Gasteiger partial charge is 0.255 e. The van der Waals surface area contributed by atoms with E-state index in [0.29, 0.717) is 17.5 Å². The van der Waals surface area contributed by atoms with Crippen LogP contribution in [0.4, 0.5) is 0 Å². The SMILES string of the molecule is CO[C@H](C)c1nc(-c2cc3ccccc3o2)no1. The van der Waals surface area contributed by atoms with Gasteiger partial charge < -0.3 is 13.7 Å². The van der Waals surface area contributed by atoms with Crippen molar-refractivity contribution in [2.24, 2.45) is 0 Å². The molecule has 0 bridgehead atoms. The Balaban J connectivity index is 2.01. The van der Waals surface area contributed by atoms with Crippen LogP contribution in [0, 0.1) is 0 Å². The van der Waals surface area contributed by atoms with E-state index in [9.17, 15) is 0 Å². The number of hydrogen-bond donors (Lipinski definition) is 0. The Morgan fingerprint density at radius 2 is 2.11 bits per heavy atom. The second-order valence-corrected chi connectivity index (χ2v) is 3.98. The Bertz CT molecular complexity index is 638. The summed E-state index contributed by atoms with van der Waals surface area (Å²) in [5, 5.41) is 4.90. The summed E-state index contributed by atoms with van der Waals surface area (Å²) in [7, 11) is 1.59. The van der Waals surface area contributed by atoms with Crippen LogP contribution in [0.15, 0.2) is 39.3 Å². The maximum absolute atomic E-state index is 5.65. The van der Waals surface area contributed by atoms with E-state index >= 15 is 0 Å². The molecule has 5 nitrogen and oxygen atoms in total. The van der Waals surface area contributed by atoms with E-state index in [1.54, 1.807) is 7.11 Å². The first-order valence-electron chi connectivity index (χ1n) is 5.63. The third-order valence-electron chi connectivity index (χ3n) is 2.79. The van der Waals surface area contributed by atoms with Gasteiger partial charge in [-0.1, -0.05) is 23.4 Å². The Labute approximate surface area is 103 Å². The van der Waals surface area contributed by atoms with Crippen molar-refractivity contribution in [3.63, 3.8) is 0 Å². The lowest BCUT2D eigenvalue weighted by Crippen LogP contribution is -1.95. The average molecular weight is 244 g/mol. The van der Waals surface area contributed by atoms with Gasteiger partial charge in [0.2, 0.25) is 5.82 Å². The third kappa shape index (κ3) is 1.78. The molecule has 0 N–H and O–H groups in total. The van der Waals surface area contributed by atoms with Crippen LogP contribution >= 0.6 is 0 Å². The van der Waals surface area contributed by atoms with Crippen LogP contribution < -0.4 is 0 Å². The Hall–Kier alpha value is -2.14. The van der Waals surface area contributed by atoms with E-state index in [2.05, 4.69) is 10.1 Å². The van der Waals surface area contributed by atoms with Crippen molar-refractivity contribution in [3.05, 3.63) is 36.2 Å². The largest absolute Gasteiger partial charge is 0.453 e. The Kier molecular flexibility index (Phi) is 2.60. The van der Waals surface area contributed by atoms with Crippen molar-refractivity contribution in [3.8, 4) is 11.6 Å². The van der Waals surface area contributed by atoms with Crippen molar-refractivity contribution in [2.45, 2.75) is 13.0 Å². The quantitative estimate of drug-likeness (QED) is 0.708. The summed E-state index contributed by atoms with van der Waals surface area (Å²) in [6.07, 6.45) is -0.226. The molecule has 2 heterocycles. The molecule has 0 unspecified atom stereocenters. The van der Waals surface area contributed by atoms with Crippen LogP contribution in [0.3, 0.4) is 0 Å². The van der Waals surface area contributed by atoms with Crippen molar-refractivity contribution in [1.82, 2.24) is 10.1 Å². The number of fused-ring (bicyclic) bond motifs is 1. The second-order valence-electron chi connectivity index (χ2n) is 3.98. The van der Waals surface area contributed by atoms with Crippen LogP contribution in [0.2, 0.25) is 0 Å². The first-order chi connectivity index (χ1) is 8.78. The molecule has 3 rings (SSSR count). The monoisotopic (exact) mass is 244 g/mol. The first-order valence-corrected chi connectivity index (χ1v) is 5.63. The summed E-state index contributed by atoms with van der Waals surface area (Å²) in [5.41, 5.74) is 0.804. The van der Waals surface area contributed by atoms with Gasteiger partial charge in [0.05, 0.1) is 0 Å². The molecule has 2 aromatic heterocycles. The van der Waals surface area contributed by atoms with Gasteiger partial charge in [0.1, 0.15) is 11.7 Å². The lowest BCUT2D eigenvalue weighted by atomic mass is 10.2. The van der Waals surface area contributed by atoms with E-state index in [1.807, 2.05) is 37.3 Å². The van der Waals surface area contributed by atoms with Gasteiger partial charge in [0.25, 0.3) is 5.89 Å². The molecule has 0 aliphatic carbocycles. The Morgan fingerprint density at radius 1 is 1.28 bits per heavy atom. The topological polar surface area (TPSA) is 61.3 Å². The van der Waals surface area contributed by atoms with E-state index in [4.69, 9.17) is 13.7 Å². The minimum atomic E-state index is -0.226. The van der Waals surface area contributed by atoms with Crippen molar-refractivity contribution in [2.75, 3.05) is 7.11 Å². The second kappa shape index (κ2) is 4.27. The predicted molar refractivity (Wildman–Crippen MR) is 64.9 cm³/mol. The van der Waals surface area contributed by atoms with Crippen molar-refractivity contribution >= 4 is 11.0 Å². The third-order valence-corrected chi connectivity index (χ3v) is 2.79. The number of aromatic nitrogens is 2. The van der Waals surface area contributed by atoms with Gasteiger partial charge in [-0.3, -0.25) is 0 Å². The number of para-hydroxylation sites is 1. The highest BCUT2D eigenvalue weighted by Gasteiger charge is 2.17. The van der Waals surface area contributed by atoms with Gasteiger partial charge in [0.15, 0.2) is 5.76 Å². The highest BCUT2D eigenvalue weighted by Crippen LogP contribution is 2.26. The zero-order valence-electron chi connectivity index (χ0n) is 10.1. The molecule has 18 heavy (non-hydrogen) atoms. The van der Waals surface area contributed by atoms with E-state index in [0.717, 1.165) is 11.0 Å². The molecule has 0 saturated carbocycles. The van der Waals surface area contributed by atoms with Crippen LogP contribution in [0.1, 0.15) is 18.9 Å². The standard InChI is InChI=1S/C13H12N2O3/c1-8(16-2)13-14-12(15-18-13)11-7-9-5-3-4-6-10(9)17-11/h3-8H,1-2H3/t8-/m1/s1. The molecule has 0 fully saturated rings. The van der Waals surface area contributed by atoms with Crippen molar-refractivity contribution in [1.29, 1.82) is 0 Å². The summed E-state index contributed by atoms with van der Waals surface area (Å²) in [5.74, 6) is 1.47. The minimum Gasteiger partial charge on any atom is -0.453 e. The summed E-state index contributed by atoms with van der Waals surface area (Å²) in [6.45, 7) is 1.84. The highest BCUT2D eigenvalue weighted by molar-refractivity contribution is 5.81. The number of rotatable bonds is 3. The molecule has 0 spiro atoms. The van der Waals surface area contributed by atoms with Gasteiger partial charge in [-0.25, -0.2) is 0 Å². The predicted octanol–water partition coefficient (Wildman–Crippen LogP) is 3.19. The summed E-state index contributed by atoms with van der Waals surface area (Å²) >= 11 is 0. The van der Waals surface area contributed by atoms with Gasteiger partial charge in [-0.05, 0) is 19.1 Å².